The van der Waals surface area contributed by atoms with Gasteiger partial charge in [0.15, 0.2) is 0 Å². The SMILES string of the molecule is N[C@@H](Cc1c[nH]c2ccccc12)C(=O)N[C@@H](Cc1ccc(O)cc1)C(=O)NCC(=O)N[C@@H](Cc1ccc(O)cc1)C(=O)N[C@@H](Cc1cnc[nH]1)C(=O)N[C@@H](Cc1cnc[nH]1)C(=O)O. The number of aromatic nitrogens is 5. The van der Waals surface area contributed by atoms with Crippen molar-refractivity contribution in [3.63, 3.8) is 0 Å². The van der Waals surface area contributed by atoms with Crippen LogP contribution in [0.2, 0.25) is 0 Å². The van der Waals surface area contributed by atoms with Crippen molar-refractivity contribution in [1.29, 1.82) is 0 Å². The predicted molar refractivity (Wildman–Crippen MR) is 227 cm³/mol. The standard InChI is InChI=1S/C43H47N11O9/c44-32(15-26-18-47-33-4-2-1-3-31(26)33)39(58)52-34(13-24-5-9-29(55)10-6-24)40(59)48-21-38(57)51-35(14-25-7-11-30(56)12-8-25)41(60)53-36(16-27-19-45-22-49-27)42(61)54-37(43(62)63)17-28-20-46-23-50-28/h1-12,18-20,22-23,32,34-37,47,55-56H,13-17,21,44H2,(H,45,49)(H,46,50)(H,48,59)(H,51,57)(H,52,58)(H,53,60)(H,54,61)(H,62,63)/t32-,34-,35-,36-,37-/m0/s1. The van der Waals surface area contributed by atoms with Crippen molar-refractivity contribution < 1.29 is 44.1 Å². The molecule has 0 fully saturated rings. The van der Waals surface area contributed by atoms with Crippen molar-refractivity contribution >= 4 is 46.4 Å². The molecule has 63 heavy (non-hydrogen) atoms. The van der Waals surface area contributed by atoms with E-state index in [-0.39, 0.29) is 43.6 Å². The number of H-pyrrole nitrogens is 3. The Kier molecular flexibility index (Phi) is 14.8. The van der Waals surface area contributed by atoms with Gasteiger partial charge in [0, 0.05) is 66.6 Å². The zero-order valence-corrected chi connectivity index (χ0v) is 33.7. The highest BCUT2D eigenvalue weighted by Crippen LogP contribution is 2.19. The van der Waals surface area contributed by atoms with Gasteiger partial charge in [0.1, 0.15) is 35.7 Å². The maximum absolute atomic E-state index is 14.0. The normalized spacial score (nSPS) is 13.5. The van der Waals surface area contributed by atoms with Crippen LogP contribution >= 0.6 is 0 Å². The first-order chi connectivity index (χ1) is 30.3. The highest BCUT2D eigenvalue weighted by molar-refractivity contribution is 5.96. The van der Waals surface area contributed by atoms with Crippen LogP contribution in [0, 0.1) is 0 Å². The predicted octanol–water partition coefficient (Wildman–Crippen LogP) is 0.00590. The lowest BCUT2D eigenvalue weighted by molar-refractivity contribution is -0.142. The first-order valence-electron chi connectivity index (χ1n) is 19.8. The number of carboxylic acid groups (broad SMARTS) is 1. The fourth-order valence-electron chi connectivity index (χ4n) is 6.79. The van der Waals surface area contributed by atoms with Crippen molar-refractivity contribution in [2.24, 2.45) is 5.73 Å². The number of para-hydroxylation sites is 1. The van der Waals surface area contributed by atoms with Gasteiger partial charge in [-0.25, -0.2) is 14.8 Å². The fraction of sp³-hybridized carbons (Fsp3) is 0.256. The van der Waals surface area contributed by atoms with Crippen LogP contribution in [0.4, 0.5) is 0 Å². The average molecular weight is 862 g/mol. The first-order valence-corrected chi connectivity index (χ1v) is 19.8. The quantitative estimate of drug-likeness (QED) is 0.0456. The van der Waals surface area contributed by atoms with Crippen LogP contribution in [0.3, 0.4) is 0 Å². The van der Waals surface area contributed by atoms with Crippen LogP contribution in [0.15, 0.2) is 104 Å². The molecule has 0 radical (unpaired) electrons. The molecule has 6 rings (SSSR count). The van der Waals surface area contributed by atoms with E-state index in [4.69, 9.17) is 5.73 Å². The number of hydrogen-bond donors (Lipinski definition) is 12. The molecule has 0 saturated heterocycles. The molecule has 0 aliphatic carbocycles. The van der Waals surface area contributed by atoms with Gasteiger partial charge in [0.2, 0.25) is 29.5 Å². The van der Waals surface area contributed by atoms with Crippen LogP contribution in [-0.4, -0.2) is 112 Å². The summed E-state index contributed by atoms with van der Waals surface area (Å²) in [6.45, 7) is -0.645. The van der Waals surface area contributed by atoms with Gasteiger partial charge in [-0.05, 0) is 53.4 Å². The molecule has 0 aliphatic heterocycles. The number of amides is 5. The number of phenols is 2. The molecule has 3 aromatic heterocycles. The van der Waals surface area contributed by atoms with Crippen LogP contribution in [0.5, 0.6) is 11.5 Å². The Balaban J connectivity index is 1.14. The minimum atomic E-state index is -1.40. The zero-order valence-electron chi connectivity index (χ0n) is 33.7. The summed E-state index contributed by atoms with van der Waals surface area (Å²) in [5.41, 5.74) is 9.98. The third-order valence-corrected chi connectivity index (χ3v) is 10.1. The van der Waals surface area contributed by atoms with Crippen molar-refractivity contribution in [2.45, 2.75) is 62.3 Å². The summed E-state index contributed by atoms with van der Waals surface area (Å²) in [4.78, 5) is 97.1. The monoisotopic (exact) mass is 861 g/mol. The molecule has 0 aliphatic rings. The summed E-state index contributed by atoms with van der Waals surface area (Å²) in [5.74, 6) is -5.23. The molecule has 20 heteroatoms. The zero-order chi connectivity index (χ0) is 44.9. The number of imidazole rings is 2. The Hall–Kier alpha value is -8.00. The van der Waals surface area contributed by atoms with Crippen molar-refractivity contribution in [1.82, 2.24) is 51.5 Å². The van der Waals surface area contributed by atoms with Gasteiger partial charge in [0.25, 0.3) is 0 Å². The van der Waals surface area contributed by atoms with Crippen molar-refractivity contribution in [3.05, 3.63) is 132 Å². The number of carboxylic acids is 1. The van der Waals surface area contributed by atoms with Crippen molar-refractivity contribution in [2.75, 3.05) is 6.54 Å². The van der Waals surface area contributed by atoms with E-state index in [0.717, 1.165) is 16.5 Å². The lowest BCUT2D eigenvalue weighted by Crippen LogP contribution is -2.58. The number of hydrogen-bond acceptors (Lipinski definition) is 11. The summed E-state index contributed by atoms with van der Waals surface area (Å²) in [7, 11) is 0. The van der Waals surface area contributed by atoms with Crippen LogP contribution < -0.4 is 32.3 Å². The molecule has 0 saturated carbocycles. The van der Waals surface area contributed by atoms with E-state index in [2.05, 4.69) is 51.5 Å². The molecule has 6 aromatic rings. The Bertz CT molecular complexity index is 2490. The molecule has 3 heterocycles. The lowest BCUT2D eigenvalue weighted by Gasteiger charge is -2.25. The largest absolute Gasteiger partial charge is 0.508 e. The third kappa shape index (κ3) is 12.8. The number of fused-ring (bicyclic) bond motifs is 1. The van der Waals surface area contributed by atoms with Gasteiger partial charge in [-0.1, -0.05) is 42.5 Å². The van der Waals surface area contributed by atoms with E-state index in [1.54, 1.807) is 18.3 Å². The Morgan fingerprint density at radius 2 is 1.10 bits per heavy atom. The van der Waals surface area contributed by atoms with Crippen molar-refractivity contribution in [3.8, 4) is 11.5 Å². The lowest BCUT2D eigenvalue weighted by atomic mass is 10.0. The molecule has 0 spiro atoms. The van der Waals surface area contributed by atoms with E-state index in [1.807, 2.05) is 24.3 Å². The fourth-order valence-corrected chi connectivity index (χ4v) is 6.79. The Morgan fingerprint density at radius 1 is 0.587 bits per heavy atom. The summed E-state index contributed by atoms with van der Waals surface area (Å²) in [5, 5.41) is 43.3. The summed E-state index contributed by atoms with van der Waals surface area (Å²) >= 11 is 0. The van der Waals surface area contributed by atoms with Gasteiger partial charge in [-0.2, -0.15) is 0 Å². The van der Waals surface area contributed by atoms with Gasteiger partial charge >= 0.3 is 5.97 Å². The number of phenolic OH excluding ortho intramolecular Hbond substituents is 2. The number of aliphatic carboxylic acids is 1. The summed E-state index contributed by atoms with van der Waals surface area (Å²) in [6.07, 6.45) is 7.07. The molecule has 3 aromatic carbocycles. The molecular formula is C43H47N11O9. The molecular weight excluding hydrogens is 815 g/mol. The second-order valence-electron chi connectivity index (χ2n) is 14.8. The highest BCUT2D eigenvalue weighted by atomic mass is 16.4. The number of rotatable bonds is 21. The minimum absolute atomic E-state index is 0.00454. The van der Waals surface area contributed by atoms with E-state index in [1.165, 1.54) is 61.4 Å². The van der Waals surface area contributed by atoms with Gasteiger partial charge in [-0.3, -0.25) is 24.0 Å². The number of carbonyl (C=O) groups excluding carboxylic acids is 5. The summed E-state index contributed by atoms with van der Waals surface area (Å²) in [6, 6.07) is 13.0. The molecule has 20 nitrogen and oxygen atoms in total. The van der Waals surface area contributed by atoms with Gasteiger partial charge in [0.05, 0.1) is 25.2 Å². The summed E-state index contributed by atoms with van der Waals surface area (Å²) < 4.78 is 0. The Morgan fingerprint density at radius 3 is 1.65 bits per heavy atom. The molecule has 5 atom stereocenters. The maximum Gasteiger partial charge on any atom is 0.326 e. The molecule has 328 valence electrons. The van der Waals surface area contributed by atoms with Gasteiger partial charge in [-0.15, -0.1) is 0 Å². The van der Waals surface area contributed by atoms with E-state index in [0.29, 0.717) is 22.5 Å². The number of nitrogens with two attached hydrogens (primary N) is 1. The number of aromatic amines is 3. The molecule has 0 unspecified atom stereocenters. The average Bonchev–Trinajstić information content (AvgIpc) is 4.07. The van der Waals surface area contributed by atoms with Crippen LogP contribution in [-0.2, 0) is 60.9 Å². The number of carbonyl (C=O) groups is 6. The molecule has 13 N–H and O–H groups in total. The number of nitrogens with zero attached hydrogens (tertiary/aromatic N) is 2. The molecule has 5 amide bonds. The number of aromatic hydroxyl groups is 2. The maximum atomic E-state index is 14.0. The minimum Gasteiger partial charge on any atom is -0.508 e. The smallest absolute Gasteiger partial charge is 0.326 e. The second kappa shape index (κ2) is 21.0. The van der Waals surface area contributed by atoms with Gasteiger partial charge < -0.3 is 62.6 Å². The topological polar surface area (TPSA) is 322 Å². The molecule has 0 bridgehead atoms. The van der Waals surface area contributed by atoms with E-state index in [9.17, 15) is 44.1 Å². The van der Waals surface area contributed by atoms with E-state index >= 15 is 0 Å². The van der Waals surface area contributed by atoms with Crippen LogP contribution in [0.25, 0.3) is 10.9 Å². The van der Waals surface area contributed by atoms with E-state index < -0.39 is 72.3 Å². The number of benzene rings is 3. The first kappa shape index (κ1) is 44.5. The third-order valence-electron chi connectivity index (χ3n) is 10.1. The highest BCUT2D eigenvalue weighted by Gasteiger charge is 2.31. The second-order valence-corrected chi connectivity index (χ2v) is 14.8. The van der Waals surface area contributed by atoms with Crippen LogP contribution in [0.1, 0.15) is 28.1 Å². The Labute approximate surface area is 359 Å². The number of nitrogens with one attached hydrogen (secondary N) is 8.